The highest BCUT2D eigenvalue weighted by Gasteiger charge is 2.15. The molecule has 0 fully saturated rings. The molecule has 7 nitrogen and oxygen atoms in total. The Labute approximate surface area is 144 Å². The number of aliphatic imine (C=N–C) groups is 1. The first-order valence-electron chi connectivity index (χ1n) is 7.38. The van der Waals surface area contributed by atoms with E-state index in [0.717, 1.165) is 17.7 Å². The Morgan fingerprint density at radius 3 is 2.36 bits per heavy atom. The van der Waals surface area contributed by atoms with E-state index in [4.69, 9.17) is 9.47 Å². The zero-order valence-electron chi connectivity index (χ0n) is 14.1. The molecule has 0 saturated heterocycles. The van der Waals surface area contributed by atoms with Crippen molar-refractivity contribution < 1.29 is 29.6 Å². The highest BCUT2D eigenvalue weighted by Crippen LogP contribution is 2.33. The maximum atomic E-state index is 12.1. The molecular formula is C18H19NO6. The first-order valence-corrected chi connectivity index (χ1v) is 7.38. The van der Waals surface area contributed by atoms with E-state index >= 15 is 0 Å². The lowest BCUT2D eigenvalue weighted by molar-refractivity contribution is 0.0999. The van der Waals surface area contributed by atoms with Gasteiger partial charge < -0.3 is 24.8 Å². The molecule has 0 aliphatic rings. The summed E-state index contributed by atoms with van der Waals surface area (Å²) in [5, 5.41) is 28.4. The summed E-state index contributed by atoms with van der Waals surface area (Å²) in [6.07, 6.45) is 1.48. The molecule has 0 amide bonds. The molecule has 3 N–H and O–H groups in total. The molecular weight excluding hydrogens is 326 g/mol. The second-order valence-corrected chi connectivity index (χ2v) is 5.34. The first kappa shape index (κ1) is 18.1. The van der Waals surface area contributed by atoms with E-state index in [1.165, 1.54) is 20.4 Å². The van der Waals surface area contributed by atoms with Gasteiger partial charge in [0.25, 0.3) is 0 Å². The van der Waals surface area contributed by atoms with E-state index in [1.54, 1.807) is 0 Å². The van der Waals surface area contributed by atoms with Crippen molar-refractivity contribution >= 4 is 12.0 Å². The third kappa shape index (κ3) is 4.00. The van der Waals surface area contributed by atoms with E-state index in [9.17, 15) is 20.1 Å². The molecule has 132 valence electrons. The topological polar surface area (TPSA) is 109 Å². The van der Waals surface area contributed by atoms with Crippen LogP contribution in [-0.4, -0.2) is 48.1 Å². The van der Waals surface area contributed by atoms with Crippen molar-refractivity contribution in [2.24, 2.45) is 4.99 Å². The van der Waals surface area contributed by atoms with E-state index in [1.807, 2.05) is 19.1 Å². The SMILES string of the molecule is COc1cc(C)cc(C=NCC(=O)c2cc(O)c(O)cc2O)c1OC. The number of benzene rings is 2. The van der Waals surface area contributed by atoms with Gasteiger partial charge in [0.2, 0.25) is 0 Å². The summed E-state index contributed by atoms with van der Waals surface area (Å²) < 4.78 is 10.6. The predicted octanol–water partition coefficient (Wildman–Crippen LogP) is 2.43. The quantitative estimate of drug-likeness (QED) is 0.321. The third-order valence-corrected chi connectivity index (χ3v) is 3.51. The number of carbonyl (C=O) groups excluding carboxylic acids is 1. The standard InChI is InChI=1S/C18H19NO6/c1-10-4-11(18(25-3)17(5-10)24-2)8-19-9-16(23)12-6-14(21)15(22)7-13(12)20/h4-8,20-22H,9H2,1-3H3. The number of aromatic hydroxyl groups is 3. The van der Waals surface area contributed by atoms with Crippen LogP contribution in [0.5, 0.6) is 28.7 Å². The van der Waals surface area contributed by atoms with Gasteiger partial charge in [-0.3, -0.25) is 9.79 Å². The number of rotatable bonds is 6. The van der Waals surface area contributed by atoms with Crippen LogP contribution in [0.4, 0.5) is 0 Å². The molecule has 2 aromatic rings. The molecule has 0 atom stereocenters. The molecule has 7 heteroatoms. The molecule has 0 aliphatic heterocycles. The summed E-state index contributed by atoms with van der Waals surface area (Å²) in [5.74, 6) is -0.886. The normalized spacial score (nSPS) is 10.8. The summed E-state index contributed by atoms with van der Waals surface area (Å²) in [5.41, 5.74) is 1.46. The van der Waals surface area contributed by atoms with E-state index in [2.05, 4.69) is 4.99 Å². The average molecular weight is 345 g/mol. The van der Waals surface area contributed by atoms with Crippen LogP contribution in [0.15, 0.2) is 29.3 Å². The van der Waals surface area contributed by atoms with Gasteiger partial charge >= 0.3 is 0 Å². The smallest absolute Gasteiger partial charge is 0.188 e. The Balaban J connectivity index is 2.23. The number of phenols is 3. The summed E-state index contributed by atoms with van der Waals surface area (Å²) in [7, 11) is 3.04. The minimum Gasteiger partial charge on any atom is -0.507 e. The van der Waals surface area contributed by atoms with Crippen LogP contribution in [0, 0.1) is 6.92 Å². The molecule has 0 saturated carbocycles. The number of hydrogen-bond donors (Lipinski definition) is 3. The van der Waals surface area contributed by atoms with Crippen molar-refractivity contribution in [1.82, 2.24) is 0 Å². The fourth-order valence-electron chi connectivity index (χ4n) is 2.33. The number of phenolic OH excluding ortho intramolecular Hbond substituents is 3. The minimum atomic E-state index is -0.511. The van der Waals surface area contributed by atoms with Crippen molar-refractivity contribution in [1.29, 1.82) is 0 Å². The number of methoxy groups -OCH3 is 2. The van der Waals surface area contributed by atoms with Crippen LogP contribution in [-0.2, 0) is 0 Å². The Hall–Kier alpha value is -3.22. The zero-order chi connectivity index (χ0) is 18.6. The molecule has 0 spiro atoms. The van der Waals surface area contributed by atoms with Gasteiger partial charge in [0.05, 0.1) is 19.8 Å². The third-order valence-electron chi connectivity index (χ3n) is 3.51. The van der Waals surface area contributed by atoms with Crippen molar-refractivity contribution in [3.8, 4) is 28.7 Å². The van der Waals surface area contributed by atoms with Crippen molar-refractivity contribution in [3.63, 3.8) is 0 Å². The van der Waals surface area contributed by atoms with Gasteiger partial charge in [0.15, 0.2) is 28.8 Å². The number of carbonyl (C=O) groups is 1. The number of ketones is 1. The van der Waals surface area contributed by atoms with Crippen LogP contribution in [0.2, 0.25) is 0 Å². The summed E-state index contributed by atoms with van der Waals surface area (Å²) in [4.78, 5) is 16.2. The Morgan fingerprint density at radius 1 is 1.04 bits per heavy atom. The Kier molecular flexibility index (Phi) is 5.49. The van der Waals surface area contributed by atoms with Crippen LogP contribution in [0.3, 0.4) is 0 Å². The monoisotopic (exact) mass is 345 g/mol. The van der Waals surface area contributed by atoms with Gasteiger partial charge in [-0.25, -0.2) is 0 Å². The van der Waals surface area contributed by atoms with Gasteiger partial charge in [-0.2, -0.15) is 0 Å². The molecule has 0 aliphatic carbocycles. The van der Waals surface area contributed by atoms with Crippen LogP contribution < -0.4 is 9.47 Å². The van der Waals surface area contributed by atoms with Crippen LogP contribution in [0.1, 0.15) is 21.5 Å². The Bertz CT molecular complexity index is 829. The lowest BCUT2D eigenvalue weighted by atomic mass is 10.1. The van der Waals surface area contributed by atoms with Gasteiger partial charge in [-0.15, -0.1) is 0 Å². The van der Waals surface area contributed by atoms with E-state index in [-0.39, 0.29) is 12.1 Å². The second kappa shape index (κ2) is 7.57. The molecule has 0 heterocycles. The van der Waals surface area contributed by atoms with Gasteiger partial charge in [0, 0.05) is 17.8 Å². The molecule has 25 heavy (non-hydrogen) atoms. The van der Waals surface area contributed by atoms with Gasteiger partial charge in [-0.1, -0.05) is 0 Å². The molecule has 0 bridgehead atoms. The maximum absolute atomic E-state index is 12.1. The molecule has 2 rings (SSSR count). The largest absolute Gasteiger partial charge is 0.507 e. The van der Waals surface area contributed by atoms with E-state index in [0.29, 0.717) is 17.1 Å². The molecule has 2 aromatic carbocycles. The predicted molar refractivity (Wildman–Crippen MR) is 92.5 cm³/mol. The van der Waals surface area contributed by atoms with Crippen molar-refractivity contribution in [2.75, 3.05) is 20.8 Å². The number of Topliss-reactive ketones (excluding diaryl/α,β-unsaturated/α-hetero) is 1. The fraction of sp³-hybridized carbons (Fsp3) is 0.222. The lowest BCUT2D eigenvalue weighted by Gasteiger charge is -2.11. The fourth-order valence-corrected chi connectivity index (χ4v) is 2.33. The number of nitrogens with zero attached hydrogens (tertiary/aromatic N) is 1. The number of ether oxygens (including phenoxy) is 2. The highest BCUT2D eigenvalue weighted by atomic mass is 16.5. The first-order chi connectivity index (χ1) is 11.9. The van der Waals surface area contributed by atoms with Crippen LogP contribution >= 0.6 is 0 Å². The minimum absolute atomic E-state index is 0.124. The molecule has 0 unspecified atom stereocenters. The molecule has 0 aromatic heterocycles. The summed E-state index contributed by atoms with van der Waals surface area (Å²) in [6, 6.07) is 5.55. The second-order valence-electron chi connectivity index (χ2n) is 5.34. The maximum Gasteiger partial charge on any atom is 0.188 e. The molecule has 0 radical (unpaired) electrons. The summed E-state index contributed by atoms with van der Waals surface area (Å²) in [6.45, 7) is 1.64. The Morgan fingerprint density at radius 2 is 1.72 bits per heavy atom. The lowest BCUT2D eigenvalue weighted by Crippen LogP contribution is -2.04. The van der Waals surface area contributed by atoms with E-state index < -0.39 is 23.0 Å². The highest BCUT2D eigenvalue weighted by molar-refractivity contribution is 6.01. The average Bonchev–Trinajstić information content (AvgIpc) is 2.57. The summed E-state index contributed by atoms with van der Waals surface area (Å²) >= 11 is 0. The van der Waals surface area contributed by atoms with Crippen molar-refractivity contribution in [2.45, 2.75) is 6.92 Å². The van der Waals surface area contributed by atoms with Crippen LogP contribution in [0.25, 0.3) is 0 Å². The van der Waals surface area contributed by atoms with Crippen molar-refractivity contribution in [3.05, 3.63) is 41.0 Å². The number of hydrogen-bond acceptors (Lipinski definition) is 7. The van der Waals surface area contributed by atoms with Gasteiger partial charge in [0.1, 0.15) is 12.3 Å². The zero-order valence-corrected chi connectivity index (χ0v) is 14.1. The number of aryl methyl sites for hydroxylation is 1. The van der Waals surface area contributed by atoms with Gasteiger partial charge in [-0.05, 0) is 30.7 Å².